The summed E-state index contributed by atoms with van der Waals surface area (Å²) in [4.78, 5) is 52.7. The SMILES string of the molecule is CCCNC(=O)c1cn(NC)c(C(=N)N(C(=O)OCOC(=O)COCc2ccccc2)c2cc(C(=O)NC3CC3)ccc2C)c1C. The molecule has 1 fully saturated rings. The maximum Gasteiger partial charge on any atom is 0.423 e. The number of anilines is 1. The Bertz CT molecular complexity index is 1580. The van der Waals surface area contributed by atoms with Crippen molar-refractivity contribution < 1.29 is 33.4 Å². The molecule has 3 amide bonds. The molecule has 0 saturated heterocycles. The molecule has 244 valence electrons. The quantitative estimate of drug-likeness (QED) is 0.0897. The summed E-state index contributed by atoms with van der Waals surface area (Å²) >= 11 is 0. The van der Waals surface area contributed by atoms with Crippen LogP contribution < -0.4 is 21.0 Å². The number of aryl methyl sites for hydroxylation is 1. The lowest BCUT2D eigenvalue weighted by atomic mass is 10.1. The van der Waals surface area contributed by atoms with Crippen LogP contribution >= 0.6 is 0 Å². The molecule has 46 heavy (non-hydrogen) atoms. The molecule has 0 unspecified atom stereocenters. The minimum absolute atomic E-state index is 0.113. The van der Waals surface area contributed by atoms with Crippen LogP contribution in [0.25, 0.3) is 0 Å². The standard InChI is InChI=1S/C33H40N6O7/c1-5-15-36-32(42)26-17-38(35-4)29(22(26)3)30(34)39(27-16-24(12-11-21(27)2)31(41)37-25-13-14-25)33(43)46-20-45-28(40)19-44-18-23-9-7-6-8-10-23/h6-12,16-17,25,34-35H,5,13-15,18-20H2,1-4H3,(H,36,42)(H,37,41). The van der Waals surface area contributed by atoms with Crippen molar-refractivity contribution in [3.05, 3.63) is 88.2 Å². The zero-order valence-electron chi connectivity index (χ0n) is 26.5. The molecule has 1 saturated carbocycles. The molecule has 1 aromatic heterocycles. The highest BCUT2D eigenvalue weighted by Crippen LogP contribution is 2.28. The number of nitrogens with one attached hydrogen (secondary N) is 4. The molecule has 0 bridgehead atoms. The lowest BCUT2D eigenvalue weighted by molar-refractivity contribution is -0.157. The minimum atomic E-state index is -1.04. The Morgan fingerprint density at radius 1 is 1.02 bits per heavy atom. The fourth-order valence-electron chi connectivity index (χ4n) is 4.61. The zero-order valence-corrected chi connectivity index (χ0v) is 26.5. The van der Waals surface area contributed by atoms with Crippen LogP contribution in [0, 0.1) is 19.3 Å². The number of hydrogen-bond acceptors (Lipinski definition) is 9. The summed E-state index contributed by atoms with van der Waals surface area (Å²) < 4.78 is 17.2. The highest BCUT2D eigenvalue weighted by atomic mass is 16.7. The number of carbonyl (C=O) groups is 4. The van der Waals surface area contributed by atoms with Gasteiger partial charge in [0.2, 0.25) is 6.79 Å². The fourth-order valence-corrected chi connectivity index (χ4v) is 4.61. The zero-order chi connectivity index (χ0) is 33.2. The molecule has 0 radical (unpaired) electrons. The second-order valence-electron chi connectivity index (χ2n) is 10.8. The third kappa shape index (κ3) is 8.51. The summed E-state index contributed by atoms with van der Waals surface area (Å²) in [5.41, 5.74) is 5.83. The van der Waals surface area contributed by atoms with Crippen LogP contribution in [-0.4, -0.2) is 67.4 Å². The number of amides is 3. The first kappa shape index (κ1) is 33.7. The maximum absolute atomic E-state index is 13.7. The Morgan fingerprint density at radius 3 is 2.43 bits per heavy atom. The third-order valence-corrected chi connectivity index (χ3v) is 7.27. The molecule has 1 heterocycles. The van der Waals surface area contributed by atoms with Gasteiger partial charge in [-0.2, -0.15) is 0 Å². The summed E-state index contributed by atoms with van der Waals surface area (Å²) in [6, 6.07) is 14.2. The van der Waals surface area contributed by atoms with Gasteiger partial charge in [-0.05, 0) is 61.9 Å². The van der Waals surface area contributed by atoms with Gasteiger partial charge in [-0.1, -0.05) is 43.3 Å². The molecule has 4 N–H and O–H groups in total. The largest absolute Gasteiger partial charge is 0.426 e. The number of carbonyl (C=O) groups excluding carboxylic acids is 4. The van der Waals surface area contributed by atoms with Crippen molar-refractivity contribution >= 4 is 35.4 Å². The van der Waals surface area contributed by atoms with E-state index in [2.05, 4.69) is 16.1 Å². The monoisotopic (exact) mass is 632 g/mol. The average Bonchev–Trinajstić information content (AvgIpc) is 3.80. The van der Waals surface area contributed by atoms with Crippen molar-refractivity contribution in [2.45, 2.75) is 52.7 Å². The fraction of sp³-hybridized carbons (Fsp3) is 0.364. The van der Waals surface area contributed by atoms with E-state index >= 15 is 0 Å². The summed E-state index contributed by atoms with van der Waals surface area (Å²) in [6.07, 6.45) is 3.05. The first-order valence-corrected chi connectivity index (χ1v) is 15.1. The van der Waals surface area contributed by atoms with Crippen LogP contribution in [0.4, 0.5) is 10.5 Å². The smallest absolute Gasteiger partial charge is 0.423 e. The second kappa shape index (κ2) is 15.7. The number of amidine groups is 1. The first-order valence-electron chi connectivity index (χ1n) is 15.1. The van der Waals surface area contributed by atoms with E-state index in [9.17, 15) is 24.6 Å². The van der Waals surface area contributed by atoms with Crippen LogP contribution in [-0.2, 0) is 25.6 Å². The number of hydrogen-bond donors (Lipinski definition) is 4. The molecule has 1 aliphatic rings. The molecule has 4 rings (SSSR count). The van der Waals surface area contributed by atoms with Gasteiger partial charge in [-0.3, -0.25) is 19.7 Å². The van der Waals surface area contributed by atoms with Crippen LogP contribution in [0.5, 0.6) is 0 Å². The van der Waals surface area contributed by atoms with Gasteiger partial charge in [0.1, 0.15) is 12.3 Å². The number of nitrogens with zero attached hydrogens (tertiary/aromatic N) is 2. The number of aromatic nitrogens is 1. The molecule has 0 atom stereocenters. The van der Waals surface area contributed by atoms with Gasteiger partial charge < -0.3 is 30.3 Å². The lowest BCUT2D eigenvalue weighted by Gasteiger charge is -2.26. The third-order valence-electron chi connectivity index (χ3n) is 7.27. The topological polar surface area (TPSA) is 164 Å². The summed E-state index contributed by atoms with van der Waals surface area (Å²) in [6.45, 7) is 4.91. The van der Waals surface area contributed by atoms with Crippen molar-refractivity contribution in [3.8, 4) is 0 Å². The van der Waals surface area contributed by atoms with Crippen LogP contribution in [0.3, 0.4) is 0 Å². The van der Waals surface area contributed by atoms with E-state index < -0.39 is 18.9 Å². The predicted octanol–water partition coefficient (Wildman–Crippen LogP) is 4.00. The van der Waals surface area contributed by atoms with Crippen molar-refractivity contribution in [1.29, 1.82) is 5.41 Å². The Kier molecular flexibility index (Phi) is 11.5. The van der Waals surface area contributed by atoms with Crippen molar-refractivity contribution in [3.63, 3.8) is 0 Å². The normalized spacial score (nSPS) is 12.2. The summed E-state index contributed by atoms with van der Waals surface area (Å²) in [5.74, 6) is -1.72. The first-order chi connectivity index (χ1) is 22.1. The van der Waals surface area contributed by atoms with Gasteiger partial charge in [0, 0.05) is 31.4 Å². The van der Waals surface area contributed by atoms with Crippen LogP contribution in [0.15, 0.2) is 54.7 Å². The summed E-state index contributed by atoms with van der Waals surface area (Å²) in [7, 11) is 1.61. The molecule has 13 heteroatoms. The molecule has 3 aromatic rings. The van der Waals surface area contributed by atoms with E-state index in [1.165, 1.54) is 16.9 Å². The van der Waals surface area contributed by atoms with E-state index in [0.29, 0.717) is 28.8 Å². The van der Waals surface area contributed by atoms with Gasteiger partial charge in [-0.25, -0.2) is 14.5 Å². The van der Waals surface area contributed by atoms with E-state index in [-0.39, 0.29) is 48.3 Å². The van der Waals surface area contributed by atoms with Gasteiger partial charge in [0.15, 0.2) is 5.84 Å². The number of esters is 1. The van der Waals surface area contributed by atoms with E-state index in [4.69, 9.17) is 14.2 Å². The Balaban J connectivity index is 1.57. The van der Waals surface area contributed by atoms with E-state index in [1.807, 2.05) is 37.3 Å². The predicted molar refractivity (Wildman–Crippen MR) is 172 cm³/mol. The Hall–Kier alpha value is -5.17. The minimum Gasteiger partial charge on any atom is -0.426 e. The Labute approximate surface area is 267 Å². The van der Waals surface area contributed by atoms with Crippen molar-refractivity contribution in [2.24, 2.45) is 0 Å². The molecule has 1 aliphatic carbocycles. The van der Waals surface area contributed by atoms with Gasteiger partial charge in [0.25, 0.3) is 11.8 Å². The molecular formula is C33H40N6O7. The molecule has 0 spiro atoms. The lowest BCUT2D eigenvalue weighted by Crippen LogP contribution is -2.40. The Morgan fingerprint density at radius 2 is 1.76 bits per heavy atom. The summed E-state index contributed by atoms with van der Waals surface area (Å²) in [5, 5.41) is 15.0. The number of rotatable bonds is 14. The van der Waals surface area contributed by atoms with E-state index in [0.717, 1.165) is 29.7 Å². The van der Waals surface area contributed by atoms with E-state index in [1.54, 1.807) is 33.0 Å². The molecular weight excluding hydrogens is 592 g/mol. The number of ether oxygens (including phenoxy) is 3. The highest BCUT2D eigenvalue weighted by Gasteiger charge is 2.31. The van der Waals surface area contributed by atoms with Gasteiger partial charge in [0.05, 0.1) is 17.9 Å². The second-order valence-corrected chi connectivity index (χ2v) is 10.8. The highest BCUT2D eigenvalue weighted by molar-refractivity contribution is 6.21. The van der Waals surface area contributed by atoms with Crippen molar-refractivity contribution in [2.75, 3.05) is 37.3 Å². The number of benzene rings is 2. The van der Waals surface area contributed by atoms with Gasteiger partial charge >= 0.3 is 12.1 Å². The average molecular weight is 633 g/mol. The molecule has 2 aromatic carbocycles. The molecule has 0 aliphatic heterocycles. The maximum atomic E-state index is 13.7. The van der Waals surface area contributed by atoms with Crippen LogP contribution in [0.2, 0.25) is 0 Å². The van der Waals surface area contributed by atoms with Gasteiger partial charge in [-0.15, -0.1) is 0 Å². The molecule has 13 nitrogen and oxygen atoms in total. The van der Waals surface area contributed by atoms with Crippen LogP contribution in [0.1, 0.15) is 69.3 Å². The van der Waals surface area contributed by atoms with Crippen molar-refractivity contribution in [1.82, 2.24) is 15.3 Å².